The van der Waals surface area contributed by atoms with E-state index in [0.29, 0.717) is 17.4 Å². The van der Waals surface area contributed by atoms with E-state index in [1.165, 1.54) is 250 Å². The van der Waals surface area contributed by atoms with Crippen molar-refractivity contribution in [2.24, 2.45) is 0 Å². The van der Waals surface area contributed by atoms with Gasteiger partial charge in [0, 0.05) is 12.8 Å². The van der Waals surface area contributed by atoms with Gasteiger partial charge in [-0.15, -0.1) is 0 Å². The molecule has 9 nitrogen and oxygen atoms in total. The highest BCUT2D eigenvalue weighted by Gasteiger charge is 2.25. The van der Waals surface area contributed by atoms with Crippen molar-refractivity contribution < 1.29 is 42.9 Å². The number of carbonyl (C=O) groups is 3. The molecule has 2 unspecified atom stereocenters. The van der Waals surface area contributed by atoms with Gasteiger partial charge in [-0.25, -0.2) is 4.79 Å². The van der Waals surface area contributed by atoms with E-state index in [2.05, 4.69) is 62.5 Å². The summed E-state index contributed by atoms with van der Waals surface area (Å²) in [4.78, 5) is 37.6. The number of esters is 2. The number of hydrogen-bond donors (Lipinski definition) is 1. The van der Waals surface area contributed by atoms with Crippen molar-refractivity contribution in [3.63, 3.8) is 0 Å². The first-order valence-electron chi connectivity index (χ1n) is 34.8. The monoisotopic (exact) mass is 1140 g/mol. The highest BCUT2D eigenvalue weighted by molar-refractivity contribution is 5.71. The summed E-state index contributed by atoms with van der Waals surface area (Å²) in [6, 6.07) is 0. The molecule has 0 bridgehead atoms. The fourth-order valence-electron chi connectivity index (χ4n) is 10.2. The molecule has 0 fully saturated rings. The van der Waals surface area contributed by atoms with Crippen molar-refractivity contribution in [2.45, 2.75) is 347 Å². The first-order valence-corrected chi connectivity index (χ1v) is 34.8. The number of ether oxygens (including phenoxy) is 4. The molecule has 0 aliphatic heterocycles. The number of hydrogen-bond acceptors (Lipinski definition) is 7. The number of carbonyl (C=O) groups excluding carboxylic acids is 2. The number of aliphatic carboxylic acids is 1. The van der Waals surface area contributed by atoms with Crippen molar-refractivity contribution in [3.05, 3.63) is 48.6 Å². The average Bonchev–Trinajstić information content (AvgIpc) is 3.44. The highest BCUT2D eigenvalue weighted by atomic mass is 16.7. The molecule has 0 aromatic heterocycles. The predicted octanol–water partition coefficient (Wildman–Crippen LogP) is 21.4. The molecule has 0 saturated heterocycles. The van der Waals surface area contributed by atoms with Gasteiger partial charge in [-0.05, 0) is 77.0 Å². The lowest BCUT2D eigenvalue weighted by atomic mass is 10.0. The van der Waals surface area contributed by atoms with E-state index in [4.69, 9.17) is 18.9 Å². The van der Waals surface area contributed by atoms with Crippen LogP contribution >= 0.6 is 0 Å². The van der Waals surface area contributed by atoms with Crippen LogP contribution in [0.1, 0.15) is 335 Å². The zero-order valence-electron chi connectivity index (χ0n) is 54.2. The molecule has 0 heterocycles. The van der Waals surface area contributed by atoms with Crippen molar-refractivity contribution in [2.75, 3.05) is 47.5 Å². The number of likely N-dealkylation sites (N-methyl/N-ethyl adjacent to an activating group) is 1. The molecule has 0 radical (unpaired) electrons. The maximum atomic E-state index is 12.9. The van der Waals surface area contributed by atoms with Gasteiger partial charge in [-0.2, -0.15) is 0 Å². The molecule has 0 saturated carbocycles. The summed E-state index contributed by atoms with van der Waals surface area (Å²) in [5.74, 6) is -1.99. The topological polar surface area (TPSA) is 108 Å². The second-order valence-corrected chi connectivity index (χ2v) is 24.8. The summed E-state index contributed by atoms with van der Waals surface area (Å²) in [6.07, 6.45) is 77.9. The van der Waals surface area contributed by atoms with Crippen molar-refractivity contribution in [1.82, 2.24) is 0 Å². The van der Waals surface area contributed by atoms with Gasteiger partial charge < -0.3 is 28.5 Å². The summed E-state index contributed by atoms with van der Waals surface area (Å²) in [7, 11) is 5.98. The van der Waals surface area contributed by atoms with Crippen LogP contribution in [0.2, 0.25) is 0 Å². The Labute approximate surface area is 502 Å². The van der Waals surface area contributed by atoms with Gasteiger partial charge in [-0.3, -0.25) is 9.59 Å². The van der Waals surface area contributed by atoms with Crippen LogP contribution in [0.15, 0.2) is 48.6 Å². The zero-order valence-corrected chi connectivity index (χ0v) is 54.2. The summed E-state index contributed by atoms with van der Waals surface area (Å²) >= 11 is 0. The quantitative estimate of drug-likeness (QED) is 0.0211. The van der Waals surface area contributed by atoms with Gasteiger partial charge in [0.1, 0.15) is 13.2 Å². The van der Waals surface area contributed by atoms with Crippen molar-refractivity contribution in [1.29, 1.82) is 0 Å². The van der Waals surface area contributed by atoms with Crippen LogP contribution < -0.4 is 0 Å². The SMILES string of the molecule is CCCCCCC/C=C\C/C=C\C/C=C\CCCCCCCCCCCCC(=O)OC(COC(=O)CCCCCCCCCCCCCCCCCCCCC/C=C\CCCCCCCCCC)COC(OCC[N+](C)(C)C)C(=O)O. The first kappa shape index (κ1) is 78.2. The Morgan fingerprint density at radius 2 is 0.667 bits per heavy atom. The summed E-state index contributed by atoms with van der Waals surface area (Å²) < 4.78 is 23.0. The lowest BCUT2D eigenvalue weighted by Gasteiger charge is -2.25. The highest BCUT2D eigenvalue weighted by Crippen LogP contribution is 2.18. The second-order valence-electron chi connectivity index (χ2n) is 24.8. The smallest absolute Gasteiger partial charge is 0.361 e. The molecule has 2 atom stereocenters. The molecule has 0 aromatic rings. The number of rotatable bonds is 65. The minimum absolute atomic E-state index is 0.181. The molecule has 0 spiro atoms. The van der Waals surface area contributed by atoms with Crippen LogP contribution in [0, 0.1) is 0 Å². The number of carboxylic acid groups (broad SMARTS) is 1. The molecule has 0 rings (SSSR count). The molecule has 9 heteroatoms. The number of quaternary nitrogens is 1. The molecule has 0 aromatic carbocycles. The number of allylic oxidation sites excluding steroid dienone is 8. The molecule has 474 valence electrons. The Hall–Kier alpha value is -2.75. The normalized spacial score (nSPS) is 13.0. The number of carboxylic acids is 1. The maximum Gasteiger partial charge on any atom is 0.361 e. The Balaban J connectivity index is 4.09. The Kier molecular flexibility index (Phi) is 61.1. The summed E-state index contributed by atoms with van der Waals surface area (Å²) in [5.41, 5.74) is 0. The molecule has 1 N–H and O–H groups in total. The Morgan fingerprint density at radius 3 is 1.00 bits per heavy atom. The molecule has 0 aliphatic rings. The maximum absolute atomic E-state index is 12.9. The van der Waals surface area contributed by atoms with E-state index in [1.807, 2.05) is 21.1 Å². The van der Waals surface area contributed by atoms with E-state index in [-0.39, 0.29) is 32.2 Å². The van der Waals surface area contributed by atoms with Gasteiger partial charge in [0.05, 0.1) is 34.4 Å². The van der Waals surface area contributed by atoms with Gasteiger partial charge in [0.15, 0.2) is 6.10 Å². The fraction of sp³-hybridized carbons (Fsp3) is 0.847. The molecular formula is C72H134NO8+. The lowest BCUT2D eigenvalue weighted by Crippen LogP contribution is -2.40. The van der Waals surface area contributed by atoms with E-state index < -0.39 is 24.3 Å². The summed E-state index contributed by atoms with van der Waals surface area (Å²) in [6.45, 7) is 4.91. The first-order chi connectivity index (χ1) is 39.6. The third-order valence-corrected chi connectivity index (χ3v) is 15.6. The van der Waals surface area contributed by atoms with Gasteiger partial charge >= 0.3 is 17.9 Å². The van der Waals surface area contributed by atoms with E-state index in [9.17, 15) is 19.5 Å². The van der Waals surface area contributed by atoms with E-state index in [0.717, 1.165) is 57.8 Å². The van der Waals surface area contributed by atoms with Crippen LogP contribution in [0.3, 0.4) is 0 Å². The lowest BCUT2D eigenvalue weighted by molar-refractivity contribution is -0.870. The Morgan fingerprint density at radius 1 is 0.370 bits per heavy atom. The second kappa shape index (κ2) is 63.3. The average molecular weight is 1140 g/mol. The molecular weight excluding hydrogens is 1010 g/mol. The standard InChI is InChI=1S/C72H133NO8/c1-6-8-10-12-14-16-18-20-22-24-26-28-30-32-33-34-35-36-37-39-40-42-44-46-48-50-52-54-56-58-60-62-69(74)79-66-68(67-80-72(71(76)77)78-65-64-73(3,4)5)81-70(75)63-61-59-57-55-53-51-49-47-45-43-41-38-31-29-27-25-23-21-19-17-15-13-11-9-7-2/h19,21,24-27,31,38,68,72H,6-18,20,22-23,28-30,32-37,39-67H2,1-5H3/p+1/b21-19-,26-24-,27-25-,38-31-. The third-order valence-electron chi connectivity index (χ3n) is 15.6. The summed E-state index contributed by atoms with van der Waals surface area (Å²) in [5, 5.41) is 9.74. The molecule has 0 aliphatic carbocycles. The minimum atomic E-state index is -1.51. The van der Waals surface area contributed by atoms with Crippen molar-refractivity contribution >= 4 is 17.9 Å². The third kappa shape index (κ3) is 64.7. The predicted molar refractivity (Wildman–Crippen MR) is 346 cm³/mol. The fourth-order valence-corrected chi connectivity index (χ4v) is 10.2. The van der Waals surface area contributed by atoms with Gasteiger partial charge in [-0.1, -0.05) is 294 Å². The van der Waals surface area contributed by atoms with Crippen LogP contribution in [0.25, 0.3) is 0 Å². The van der Waals surface area contributed by atoms with Gasteiger partial charge in [0.2, 0.25) is 0 Å². The molecule has 81 heavy (non-hydrogen) atoms. The van der Waals surface area contributed by atoms with Crippen molar-refractivity contribution in [3.8, 4) is 0 Å². The zero-order chi connectivity index (χ0) is 59.1. The molecule has 0 amide bonds. The number of nitrogens with zero attached hydrogens (tertiary/aromatic N) is 1. The van der Waals surface area contributed by atoms with Crippen LogP contribution in [0.4, 0.5) is 0 Å². The number of unbranched alkanes of at least 4 members (excludes halogenated alkanes) is 42. The van der Waals surface area contributed by atoms with Crippen LogP contribution in [-0.4, -0.2) is 87.4 Å². The Bertz CT molecular complexity index is 1470. The van der Waals surface area contributed by atoms with E-state index in [1.54, 1.807) is 0 Å². The van der Waals surface area contributed by atoms with Gasteiger partial charge in [0.25, 0.3) is 6.29 Å². The van der Waals surface area contributed by atoms with Crippen LogP contribution in [0.5, 0.6) is 0 Å². The van der Waals surface area contributed by atoms with Crippen LogP contribution in [-0.2, 0) is 33.3 Å². The largest absolute Gasteiger partial charge is 0.477 e. The minimum Gasteiger partial charge on any atom is -0.477 e. The van der Waals surface area contributed by atoms with E-state index >= 15 is 0 Å².